The average Bonchev–Trinajstić information content (AvgIpc) is 2.90. The van der Waals surface area contributed by atoms with Crippen molar-refractivity contribution in [3.63, 3.8) is 0 Å². The molecule has 2 aromatic rings. The van der Waals surface area contributed by atoms with Crippen molar-refractivity contribution in [1.82, 2.24) is 0 Å². The lowest BCUT2D eigenvalue weighted by atomic mass is 10.2. The van der Waals surface area contributed by atoms with Gasteiger partial charge in [0.25, 0.3) is 0 Å². The summed E-state index contributed by atoms with van der Waals surface area (Å²) < 4.78 is 0. The molecule has 2 N–H and O–H groups in total. The molecule has 3 rings (SSSR count). The van der Waals surface area contributed by atoms with E-state index in [-0.39, 0.29) is 23.4 Å². The highest BCUT2D eigenvalue weighted by Crippen LogP contribution is 2.29. The van der Waals surface area contributed by atoms with Crippen LogP contribution in [0.4, 0.5) is 5.69 Å². The second-order valence-corrected chi connectivity index (χ2v) is 6.53. The van der Waals surface area contributed by atoms with Gasteiger partial charge in [0.2, 0.25) is 11.8 Å². The molecule has 0 bridgehead atoms. The van der Waals surface area contributed by atoms with Crippen molar-refractivity contribution in [3.8, 4) is 0 Å². The zero-order chi connectivity index (χ0) is 17.6. The number of amides is 2. The summed E-state index contributed by atoms with van der Waals surface area (Å²) in [6.45, 7) is 0. The summed E-state index contributed by atoms with van der Waals surface area (Å²) in [4.78, 5) is 25.8. The maximum atomic E-state index is 12.5. The molecule has 6 nitrogen and oxygen atoms in total. The number of nitrogens with zero attached hydrogens (tertiary/aromatic N) is 3. The third kappa shape index (κ3) is 4.13. The number of para-hydroxylation sites is 1. The molecule has 1 aliphatic rings. The quantitative estimate of drug-likeness (QED) is 0.396. The van der Waals surface area contributed by atoms with E-state index in [9.17, 15) is 9.59 Å². The first-order chi connectivity index (χ1) is 12.1. The average molecular weight is 352 g/mol. The van der Waals surface area contributed by atoms with E-state index in [0.29, 0.717) is 5.69 Å². The van der Waals surface area contributed by atoms with Crippen LogP contribution < -0.4 is 10.6 Å². The number of nitrogens with two attached hydrogens (primary N) is 1. The Morgan fingerprint density at radius 1 is 1.08 bits per heavy atom. The molecule has 1 fully saturated rings. The third-order valence-electron chi connectivity index (χ3n) is 3.55. The minimum Gasteiger partial charge on any atom is -0.377 e. The van der Waals surface area contributed by atoms with Crippen molar-refractivity contribution in [3.05, 3.63) is 66.2 Å². The largest absolute Gasteiger partial charge is 0.377 e. The molecule has 25 heavy (non-hydrogen) atoms. The van der Waals surface area contributed by atoms with Crippen molar-refractivity contribution in [1.29, 1.82) is 0 Å². The van der Waals surface area contributed by atoms with Crippen LogP contribution in [0, 0.1) is 0 Å². The van der Waals surface area contributed by atoms with Crippen LogP contribution in [0.2, 0.25) is 0 Å². The summed E-state index contributed by atoms with van der Waals surface area (Å²) >= 11 is 1.05. The highest BCUT2D eigenvalue weighted by Gasteiger charge is 2.40. The van der Waals surface area contributed by atoms with Gasteiger partial charge in [0.05, 0.1) is 11.9 Å². The number of amidine groups is 1. The maximum absolute atomic E-state index is 12.5. The first-order valence-electron chi connectivity index (χ1n) is 7.65. The number of hydrogen-bond acceptors (Lipinski definition) is 5. The van der Waals surface area contributed by atoms with E-state index in [1.54, 1.807) is 30.5 Å². The Labute approximate surface area is 149 Å². The second kappa shape index (κ2) is 7.76. The molecule has 1 heterocycles. The van der Waals surface area contributed by atoms with Crippen LogP contribution in [-0.4, -0.2) is 28.4 Å². The lowest BCUT2D eigenvalue weighted by Crippen LogP contribution is -2.31. The van der Waals surface area contributed by atoms with Crippen LogP contribution in [-0.2, 0) is 9.59 Å². The molecular weight excluding hydrogens is 336 g/mol. The molecule has 0 aliphatic carbocycles. The molecule has 2 amide bonds. The Morgan fingerprint density at radius 3 is 2.40 bits per heavy atom. The second-order valence-electron chi connectivity index (χ2n) is 5.31. The molecule has 1 atom stereocenters. The van der Waals surface area contributed by atoms with Crippen molar-refractivity contribution in [2.45, 2.75) is 11.7 Å². The van der Waals surface area contributed by atoms with Crippen LogP contribution in [0.1, 0.15) is 12.0 Å². The van der Waals surface area contributed by atoms with Gasteiger partial charge >= 0.3 is 0 Å². The molecule has 7 heteroatoms. The number of rotatable bonds is 4. The van der Waals surface area contributed by atoms with Crippen molar-refractivity contribution < 1.29 is 9.59 Å². The van der Waals surface area contributed by atoms with Gasteiger partial charge < -0.3 is 5.73 Å². The summed E-state index contributed by atoms with van der Waals surface area (Å²) in [7, 11) is 0. The van der Waals surface area contributed by atoms with E-state index in [2.05, 4.69) is 10.2 Å². The van der Waals surface area contributed by atoms with E-state index in [1.165, 1.54) is 4.90 Å². The lowest BCUT2D eigenvalue weighted by Gasteiger charge is -2.14. The summed E-state index contributed by atoms with van der Waals surface area (Å²) in [5, 5.41) is 7.36. The minimum atomic E-state index is -0.580. The number of carbonyl (C=O) groups is 2. The monoisotopic (exact) mass is 352 g/mol. The van der Waals surface area contributed by atoms with Gasteiger partial charge in [0, 0.05) is 6.42 Å². The van der Waals surface area contributed by atoms with Crippen LogP contribution in [0.15, 0.2) is 70.9 Å². The molecular formula is C18H16N4O2S. The van der Waals surface area contributed by atoms with Crippen LogP contribution in [0.25, 0.3) is 0 Å². The predicted molar refractivity (Wildman–Crippen MR) is 101 cm³/mol. The molecule has 0 spiro atoms. The van der Waals surface area contributed by atoms with E-state index in [0.717, 1.165) is 17.3 Å². The highest BCUT2D eigenvalue weighted by molar-refractivity contribution is 8.14. The fraction of sp³-hybridized carbons (Fsp3) is 0.111. The lowest BCUT2D eigenvalue weighted by molar-refractivity contribution is -0.121. The highest BCUT2D eigenvalue weighted by atomic mass is 32.2. The molecule has 1 saturated heterocycles. The molecule has 0 saturated carbocycles. The zero-order valence-electron chi connectivity index (χ0n) is 13.3. The van der Waals surface area contributed by atoms with Gasteiger partial charge in [0.15, 0.2) is 5.17 Å². The standard InChI is InChI=1S/C18H16N4O2S/c19-18(21-20-12-13-7-3-1-4-8-13)25-15-11-16(23)22(17(15)24)14-9-5-2-6-10-14/h1-10,12,15H,11H2,(H2,19,21)/b20-12-. The van der Waals surface area contributed by atoms with Gasteiger partial charge in [-0.25, -0.2) is 4.90 Å². The maximum Gasteiger partial charge on any atom is 0.247 e. The van der Waals surface area contributed by atoms with Gasteiger partial charge in [-0.05, 0) is 17.7 Å². The fourth-order valence-corrected chi connectivity index (χ4v) is 3.22. The SMILES string of the molecule is NC(=N/N=C\c1ccccc1)SC1CC(=O)N(c2ccccc2)C1=O. The summed E-state index contributed by atoms with van der Waals surface area (Å²) in [6.07, 6.45) is 1.67. The van der Waals surface area contributed by atoms with Crippen molar-refractivity contribution >= 4 is 40.6 Å². The first kappa shape index (κ1) is 16.9. The van der Waals surface area contributed by atoms with Gasteiger partial charge in [-0.2, -0.15) is 5.10 Å². The van der Waals surface area contributed by atoms with Crippen LogP contribution >= 0.6 is 11.8 Å². The number of carbonyl (C=O) groups excluding carboxylic acids is 2. The van der Waals surface area contributed by atoms with E-state index in [1.807, 2.05) is 36.4 Å². The van der Waals surface area contributed by atoms with Crippen molar-refractivity contribution in [2.24, 2.45) is 15.9 Å². The van der Waals surface area contributed by atoms with E-state index >= 15 is 0 Å². The molecule has 1 unspecified atom stereocenters. The number of imide groups is 1. The summed E-state index contributed by atoms with van der Waals surface area (Å²) in [5.41, 5.74) is 7.29. The van der Waals surface area contributed by atoms with Gasteiger partial charge in [-0.3, -0.25) is 9.59 Å². The summed E-state index contributed by atoms with van der Waals surface area (Å²) in [5.74, 6) is -0.527. The van der Waals surface area contributed by atoms with Crippen LogP contribution in [0.5, 0.6) is 0 Å². The van der Waals surface area contributed by atoms with E-state index in [4.69, 9.17) is 5.73 Å². The fourth-order valence-electron chi connectivity index (χ4n) is 2.41. The first-order valence-corrected chi connectivity index (χ1v) is 8.53. The molecule has 0 aromatic heterocycles. The Bertz CT molecular complexity index is 821. The number of anilines is 1. The zero-order valence-corrected chi connectivity index (χ0v) is 14.1. The molecule has 2 aromatic carbocycles. The van der Waals surface area contributed by atoms with Gasteiger partial charge in [-0.1, -0.05) is 60.3 Å². The Balaban J connectivity index is 1.65. The number of thioether (sulfide) groups is 1. The molecule has 126 valence electrons. The molecule has 0 radical (unpaired) electrons. The predicted octanol–water partition coefficient (Wildman–Crippen LogP) is 2.40. The van der Waals surface area contributed by atoms with Gasteiger partial charge in [0.1, 0.15) is 5.25 Å². The van der Waals surface area contributed by atoms with Gasteiger partial charge in [-0.15, -0.1) is 5.10 Å². The number of benzene rings is 2. The van der Waals surface area contributed by atoms with Crippen molar-refractivity contribution in [2.75, 3.05) is 4.90 Å². The third-order valence-corrected chi connectivity index (χ3v) is 4.52. The smallest absolute Gasteiger partial charge is 0.247 e. The Morgan fingerprint density at radius 2 is 1.72 bits per heavy atom. The number of hydrogen-bond donors (Lipinski definition) is 1. The Kier molecular flexibility index (Phi) is 5.25. The molecule has 1 aliphatic heterocycles. The van der Waals surface area contributed by atoms with E-state index < -0.39 is 5.25 Å². The normalized spacial score (nSPS) is 18.3. The topological polar surface area (TPSA) is 88.1 Å². The Hall–Kier alpha value is -2.93. The summed E-state index contributed by atoms with van der Waals surface area (Å²) in [6, 6.07) is 18.3. The minimum absolute atomic E-state index is 0.0943. The van der Waals surface area contributed by atoms with Crippen LogP contribution in [0.3, 0.4) is 0 Å².